The lowest BCUT2D eigenvalue weighted by atomic mass is 10.6. The van der Waals surface area contributed by atoms with Gasteiger partial charge in [0.15, 0.2) is 5.16 Å². The lowest BCUT2D eigenvalue weighted by Gasteiger charge is -2.06. The maximum Gasteiger partial charge on any atom is 0.411 e. The molecule has 0 unspecified atom stereocenters. The highest BCUT2D eigenvalue weighted by Gasteiger charge is 2.27. The van der Waals surface area contributed by atoms with E-state index in [1.165, 1.54) is 0 Å². The van der Waals surface area contributed by atoms with Crippen LogP contribution in [-0.4, -0.2) is 28.7 Å². The second-order valence-electron chi connectivity index (χ2n) is 2.70. The van der Waals surface area contributed by atoms with Crippen LogP contribution in [0.15, 0.2) is 16.0 Å². The monoisotopic (exact) mass is 255 g/mol. The Balaban J connectivity index is 2.40. The largest absolute Gasteiger partial charge is 0.411 e. The van der Waals surface area contributed by atoms with Crippen molar-refractivity contribution in [2.45, 2.75) is 11.3 Å². The molecule has 0 saturated heterocycles. The number of thioether (sulfide) groups is 1. The molecular weight excluding hydrogens is 247 g/mol. The average Bonchev–Trinajstić information content (AvgIpc) is 2.09. The van der Waals surface area contributed by atoms with Crippen molar-refractivity contribution in [2.24, 2.45) is 0 Å². The molecule has 0 atom stereocenters. The van der Waals surface area contributed by atoms with E-state index in [1.807, 2.05) is 0 Å². The summed E-state index contributed by atoms with van der Waals surface area (Å²) < 4.78 is 39.4. The van der Waals surface area contributed by atoms with Crippen LogP contribution in [0, 0.1) is 0 Å². The molecular formula is C7H8F3N3O2S. The van der Waals surface area contributed by atoms with E-state index in [0.29, 0.717) is 0 Å². The minimum atomic E-state index is -4.36. The first-order chi connectivity index (χ1) is 7.37. The van der Waals surface area contributed by atoms with Crippen LogP contribution in [0.3, 0.4) is 0 Å². The number of aromatic nitrogens is 2. The molecule has 0 radical (unpaired) electrons. The van der Waals surface area contributed by atoms with Crippen molar-refractivity contribution in [1.29, 1.82) is 0 Å². The van der Waals surface area contributed by atoms with Gasteiger partial charge >= 0.3 is 6.18 Å². The van der Waals surface area contributed by atoms with E-state index in [2.05, 4.69) is 14.7 Å². The van der Waals surface area contributed by atoms with Gasteiger partial charge in [-0.15, -0.1) is 0 Å². The molecule has 0 spiro atoms. The number of aromatic amines is 1. The number of nitrogens with zero attached hydrogens (tertiary/aromatic N) is 1. The van der Waals surface area contributed by atoms with Gasteiger partial charge in [-0.1, -0.05) is 11.8 Å². The Hall–Kier alpha value is -1.22. The van der Waals surface area contributed by atoms with Crippen LogP contribution in [-0.2, 0) is 4.74 Å². The predicted octanol–water partition coefficient (Wildman–Crippen LogP) is 0.981. The Morgan fingerprint density at radius 1 is 1.56 bits per heavy atom. The summed E-state index contributed by atoms with van der Waals surface area (Å²) in [5.74, 6) is -0.270. The van der Waals surface area contributed by atoms with E-state index in [0.717, 1.165) is 17.8 Å². The Morgan fingerprint density at radius 3 is 2.81 bits per heavy atom. The number of hydrogen-bond acceptors (Lipinski definition) is 5. The minimum Gasteiger partial charge on any atom is -0.383 e. The summed E-state index contributed by atoms with van der Waals surface area (Å²) in [6.45, 7) is -1.34. The molecule has 90 valence electrons. The number of halogens is 3. The molecule has 1 rings (SSSR count). The lowest BCUT2D eigenvalue weighted by molar-refractivity contribution is -0.168. The summed E-state index contributed by atoms with van der Waals surface area (Å²) in [6.07, 6.45) is -4.36. The van der Waals surface area contributed by atoms with Crippen molar-refractivity contribution >= 4 is 17.6 Å². The van der Waals surface area contributed by atoms with Crippen molar-refractivity contribution < 1.29 is 17.9 Å². The lowest BCUT2D eigenvalue weighted by Crippen LogP contribution is -2.17. The van der Waals surface area contributed by atoms with Crippen LogP contribution in [0.2, 0.25) is 0 Å². The van der Waals surface area contributed by atoms with Gasteiger partial charge in [0.2, 0.25) is 0 Å². The van der Waals surface area contributed by atoms with Gasteiger partial charge in [0, 0.05) is 6.07 Å². The summed E-state index contributed by atoms with van der Waals surface area (Å²) in [7, 11) is 0. The second-order valence-corrected chi connectivity index (χ2v) is 3.61. The number of nitrogen functional groups attached to an aromatic ring is 1. The molecule has 9 heteroatoms. The van der Waals surface area contributed by atoms with Crippen LogP contribution < -0.4 is 11.3 Å². The van der Waals surface area contributed by atoms with Crippen LogP contribution in [0.5, 0.6) is 0 Å². The SMILES string of the molecule is Nc1cc(=O)[nH]c(SCOCC(F)(F)F)n1. The smallest absolute Gasteiger partial charge is 0.383 e. The molecule has 0 aliphatic heterocycles. The molecule has 16 heavy (non-hydrogen) atoms. The summed E-state index contributed by atoms with van der Waals surface area (Å²) in [4.78, 5) is 16.9. The highest BCUT2D eigenvalue weighted by atomic mass is 32.2. The maximum atomic E-state index is 11.7. The number of nitrogens with two attached hydrogens (primary N) is 1. The fraction of sp³-hybridized carbons (Fsp3) is 0.429. The standard InChI is InChI=1S/C7H8F3N3O2S/c8-7(9,10)2-15-3-16-6-12-4(11)1-5(14)13-6/h1H,2-3H2,(H3,11,12,13,14). The minimum absolute atomic E-state index is 0.00192. The predicted molar refractivity (Wildman–Crippen MR) is 52.0 cm³/mol. The number of anilines is 1. The number of H-pyrrole nitrogens is 1. The maximum absolute atomic E-state index is 11.7. The van der Waals surface area contributed by atoms with Crippen LogP contribution in [0.1, 0.15) is 0 Å². The zero-order chi connectivity index (χ0) is 12.2. The molecule has 0 aliphatic carbocycles. The van der Waals surface area contributed by atoms with E-state index in [1.54, 1.807) is 0 Å². The Kier molecular flexibility index (Phi) is 4.19. The third-order valence-corrected chi connectivity index (χ3v) is 2.04. The molecule has 0 bridgehead atoms. The number of hydrogen-bond donors (Lipinski definition) is 2. The highest BCUT2D eigenvalue weighted by molar-refractivity contribution is 7.99. The van der Waals surface area contributed by atoms with Gasteiger partial charge in [-0.05, 0) is 0 Å². The summed E-state index contributed by atoms with van der Waals surface area (Å²) in [6, 6.07) is 1.07. The van der Waals surface area contributed by atoms with Crippen LogP contribution >= 0.6 is 11.8 Å². The second kappa shape index (κ2) is 5.21. The fourth-order valence-corrected chi connectivity index (χ4v) is 1.40. The molecule has 1 heterocycles. The van der Waals surface area contributed by atoms with Gasteiger partial charge in [0.1, 0.15) is 18.4 Å². The Morgan fingerprint density at radius 2 is 2.25 bits per heavy atom. The highest BCUT2D eigenvalue weighted by Crippen LogP contribution is 2.17. The van der Waals surface area contributed by atoms with Crippen molar-refractivity contribution in [2.75, 3.05) is 18.3 Å². The van der Waals surface area contributed by atoms with Crippen molar-refractivity contribution in [3.05, 3.63) is 16.4 Å². The topological polar surface area (TPSA) is 81.0 Å². The van der Waals surface area contributed by atoms with E-state index in [9.17, 15) is 18.0 Å². The van der Waals surface area contributed by atoms with Gasteiger partial charge in [-0.25, -0.2) is 4.98 Å². The van der Waals surface area contributed by atoms with Gasteiger partial charge < -0.3 is 15.5 Å². The average molecular weight is 255 g/mol. The van der Waals surface area contributed by atoms with Crippen molar-refractivity contribution in [1.82, 2.24) is 9.97 Å². The normalized spacial score (nSPS) is 11.7. The molecule has 1 aromatic rings. The van der Waals surface area contributed by atoms with Gasteiger partial charge in [0.05, 0.1) is 0 Å². The third-order valence-electron chi connectivity index (χ3n) is 1.28. The molecule has 1 aromatic heterocycles. The molecule has 0 aromatic carbocycles. The first kappa shape index (κ1) is 12.8. The van der Waals surface area contributed by atoms with Gasteiger partial charge in [-0.2, -0.15) is 13.2 Å². The Labute approximate surface area is 92.2 Å². The number of rotatable bonds is 4. The van der Waals surface area contributed by atoms with E-state index >= 15 is 0 Å². The third kappa shape index (κ3) is 5.03. The van der Waals surface area contributed by atoms with E-state index in [-0.39, 0.29) is 16.9 Å². The summed E-state index contributed by atoms with van der Waals surface area (Å²) >= 11 is 0.821. The van der Waals surface area contributed by atoms with E-state index < -0.39 is 18.3 Å². The van der Waals surface area contributed by atoms with Crippen LogP contribution in [0.4, 0.5) is 19.0 Å². The number of alkyl halides is 3. The van der Waals surface area contributed by atoms with Crippen LogP contribution in [0.25, 0.3) is 0 Å². The van der Waals surface area contributed by atoms with Gasteiger partial charge in [0.25, 0.3) is 5.56 Å². The van der Waals surface area contributed by atoms with Gasteiger partial charge in [-0.3, -0.25) is 4.79 Å². The molecule has 0 amide bonds. The molecule has 5 nitrogen and oxygen atoms in total. The molecule has 0 fully saturated rings. The Bertz CT molecular complexity index is 407. The summed E-state index contributed by atoms with van der Waals surface area (Å²) in [5.41, 5.74) is 4.80. The quantitative estimate of drug-likeness (QED) is 0.363. The first-order valence-corrected chi connectivity index (χ1v) is 4.99. The molecule has 0 saturated carbocycles. The molecule has 0 aliphatic rings. The van der Waals surface area contributed by atoms with Crippen molar-refractivity contribution in [3.8, 4) is 0 Å². The fourth-order valence-electron chi connectivity index (χ4n) is 0.777. The molecule has 3 N–H and O–H groups in total. The first-order valence-electron chi connectivity index (χ1n) is 4.01. The number of nitrogens with one attached hydrogen (secondary N) is 1. The number of ether oxygens (including phenoxy) is 1. The zero-order valence-electron chi connectivity index (χ0n) is 7.87. The van der Waals surface area contributed by atoms with E-state index in [4.69, 9.17) is 5.73 Å². The van der Waals surface area contributed by atoms with Crippen molar-refractivity contribution in [3.63, 3.8) is 0 Å². The zero-order valence-corrected chi connectivity index (χ0v) is 8.69. The summed E-state index contributed by atoms with van der Waals surface area (Å²) in [5, 5.41) is 0.118.